The Morgan fingerprint density at radius 2 is 1.70 bits per heavy atom. The number of benzene rings is 1. The van der Waals surface area contributed by atoms with Crippen molar-refractivity contribution in [3.8, 4) is 0 Å². The Morgan fingerprint density at radius 3 is 2.05 bits per heavy atom. The second-order valence-corrected chi connectivity index (χ2v) is 5.80. The molecule has 0 aliphatic heterocycles. The highest BCUT2D eigenvalue weighted by Crippen LogP contribution is 2.42. The molecule has 108 valence electrons. The van der Waals surface area contributed by atoms with Gasteiger partial charge in [-0.25, -0.2) is 0 Å². The number of primary amides is 2. The van der Waals surface area contributed by atoms with Crippen LogP contribution in [0.15, 0.2) is 18.2 Å². The normalized spacial score (nSPS) is 23.8. The van der Waals surface area contributed by atoms with Crippen molar-refractivity contribution in [3.05, 3.63) is 29.3 Å². The van der Waals surface area contributed by atoms with E-state index < -0.39 is 11.8 Å². The Balaban J connectivity index is 2.28. The molecule has 1 aromatic rings. The molecule has 20 heavy (non-hydrogen) atoms. The van der Waals surface area contributed by atoms with E-state index in [2.05, 4.69) is 5.32 Å². The molecule has 2 amide bonds. The molecule has 2 unspecified atom stereocenters. The summed E-state index contributed by atoms with van der Waals surface area (Å²) < 4.78 is 0. The summed E-state index contributed by atoms with van der Waals surface area (Å²) in [7, 11) is 0. The summed E-state index contributed by atoms with van der Waals surface area (Å²) in [6.07, 6.45) is 0.245. The summed E-state index contributed by atoms with van der Waals surface area (Å²) in [5.41, 5.74) is 11.3. The van der Waals surface area contributed by atoms with E-state index in [-0.39, 0.29) is 28.7 Å². The maximum absolute atomic E-state index is 11.3. The van der Waals surface area contributed by atoms with Crippen molar-refractivity contribution in [2.24, 2.45) is 16.9 Å². The molecule has 2 atom stereocenters. The predicted molar refractivity (Wildman–Crippen MR) is 75.3 cm³/mol. The number of aliphatic hydroxyl groups excluding tert-OH is 1. The minimum absolute atomic E-state index is 0.0568. The molecule has 2 rings (SSSR count). The van der Waals surface area contributed by atoms with E-state index >= 15 is 0 Å². The van der Waals surface area contributed by atoms with Crippen LogP contribution < -0.4 is 16.8 Å². The Hall–Kier alpha value is -2.08. The van der Waals surface area contributed by atoms with Gasteiger partial charge < -0.3 is 21.9 Å². The third-order valence-electron chi connectivity index (χ3n) is 4.06. The first-order valence-corrected chi connectivity index (χ1v) is 6.41. The van der Waals surface area contributed by atoms with Crippen LogP contribution >= 0.6 is 0 Å². The number of carbonyl (C=O) groups excluding carboxylic acids is 2. The topological polar surface area (TPSA) is 118 Å². The number of hydrogen-bond donors (Lipinski definition) is 4. The van der Waals surface area contributed by atoms with Crippen LogP contribution in [-0.2, 0) is 0 Å². The summed E-state index contributed by atoms with van der Waals surface area (Å²) in [6.45, 7) is 3.90. The molecule has 0 aromatic heterocycles. The summed E-state index contributed by atoms with van der Waals surface area (Å²) >= 11 is 0. The van der Waals surface area contributed by atoms with E-state index in [0.717, 1.165) is 0 Å². The smallest absolute Gasteiger partial charge is 0.248 e. The van der Waals surface area contributed by atoms with Gasteiger partial charge in [0.05, 0.1) is 6.10 Å². The lowest BCUT2D eigenvalue weighted by Gasteiger charge is -2.49. The predicted octanol–water partition coefficient (Wildman–Crippen LogP) is 0.456. The molecular formula is C14H19N3O3. The van der Waals surface area contributed by atoms with Gasteiger partial charge in [0.2, 0.25) is 11.8 Å². The molecule has 1 saturated carbocycles. The molecule has 0 spiro atoms. The van der Waals surface area contributed by atoms with Gasteiger partial charge in [-0.3, -0.25) is 9.59 Å². The lowest BCUT2D eigenvalue weighted by Crippen LogP contribution is -2.56. The fraction of sp³-hybridized carbons (Fsp3) is 0.429. The van der Waals surface area contributed by atoms with Crippen LogP contribution in [0, 0.1) is 5.41 Å². The van der Waals surface area contributed by atoms with Crippen molar-refractivity contribution in [3.63, 3.8) is 0 Å². The molecular weight excluding hydrogens is 258 g/mol. The molecule has 0 bridgehead atoms. The van der Waals surface area contributed by atoms with E-state index in [9.17, 15) is 14.7 Å². The fourth-order valence-electron chi connectivity index (χ4n) is 2.34. The number of amides is 2. The first-order chi connectivity index (χ1) is 9.21. The number of nitrogens with one attached hydrogen (secondary N) is 1. The average molecular weight is 277 g/mol. The van der Waals surface area contributed by atoms with Gasteiger partial charge in [-0.2, -0.15) is 0 Å². The number of carbonyl (C=O) groups is 2. The number of rotatable bonds is 4. The van der Waals surface area contributed by atoms with Gasteiger partial charge >= 0.3 is 0 Å². The second kappa shape index (κ2) is 4.79. The molecule has 0 saturated heterocycles. The monoisotopic (exact) mass is 277 g/mol. The van der Waals surface area contributed by atoms with Crippen LogP contribution in [0.5, 0.6) is 0 Å². The maximum atomic E-state index is 11.3. The first kappa shape index (κ1) is 14.3. The van der Waals surface area contributed by atoms with Crippen molar-refractivity contribution in [1.82, 2.24) is 0 Å². The third kappa shape index (κ3) is 2.46. The van der Waals surface area contributed by atoms with E-state index in [0.29, 0.717) is 12.1 Å². The molecule has 6 heteroatoms. The van der Waals surface area contributed by atoms with Crippen molar-refractivity contribution < 1.29 is 14.7 Å². The molecule has 0 radical (unpaired) electrons. The molecule has 6 N–H and O–H groups in total. The lowest BCUT2D eigenvalue weighted by molar-refractivity contribution is -0.0510. The van der Waals surface area contributed by atoms with Crippen LogP contribution in [0.3, 0.4) is 0 Å². The Morgan fingerprint density at radius 1 is 1.20 bits per heavy atom. The minimum atomic E-state index is -0.621. The molecule has 0 heterocycles. The first-order valence-electron chi connectivity index (χ1n) is 6.41. The van der Waals surface area contributed by atoms with Crippen molar-refractivity contribution in [2.45, 2.75) is 32.4 Å². The van der Waals surface area contributed by atoms with Crippen molar-refractivity contribution >= 4 is 17.5 Å². The zero-order valence-corrected chi connectivity index (χ0v) is 11.5. The van der Waals surface area contributed by atoms with E-state index in [4.69, 9.17) is 11.5 Å². The van der Waals surface area contributed by atoms with Crippen LogP contribution in [0.4, 0.5) is 5.69 Å². The summed E-state index contributed by atoms with van der Waals surface area (Å²) in [5, 5.41) is 12.9. The number of nitrogens with two attached hydrogens (primary N) is 2. The highest BCUT2D eigenvalue weighted by Gasteiger charge is 2.47. The molecule has 6 nitrogen and oxygen atoms in total. The van der Waals surface area contributed by atoms with E-state index in [1.165, 1.54) is 6.07 Å². The summed E-state index contributed by atoms with van der Waals surface area (Å²) in [4.78, 5) is 22.6. The zero-order chi connectivity index (χ0) is 15.1. The largest absolute Gasteiger partial charge is 0.392 e. The van der Waals surface area contributed by atoms with E-state index in [1.807, 2.05) is 13.8 Å². The van der Waals surface area contributed by atoms with Gasteiger partial charge in [-0.15, -0.1) is 0 Å². The number of aliphatic hydroxyl groups is 1. The summed E-state index contributed by atoms with van der Waals surface area (Å²) in [6, 6.07) is 4.59. The number of anilines is 1. The molecule has 1 aromatic carbocycles. The van der Waals surface area contributed by atoms with Crippen LogP contribution in [0.2, 0.25) is 0 Å². The average Bonchev–Trinajstić information content (AvgIpc) is 2.38. The number of hydrogen-bond acceptors (Lipinski definition) is 4. The quantitative estimate of drug-likeness (QED) is 0.639. The minimum Gasteiger partial charge on any atom is -0.392 e. The van der Waals surface area contributed by atoms with E-state index in [1.54, 1.807) is 12.1 Å². The highest BCUT2D eigenvalue weighted by molar-refractivity contribution is 5.99. The van der Waals surface area contributed by atoms with Crippen molar-refractivity contribution in [2.75, 3.05) is 5.32 Å². The van der Waals surface area contributed by atoms with Gasteiger partial charge in [0.25, 0.3) is 0 Å². The molecule has 1 aliphatic carbocycles. The molecule has 1 aliphatic rings. The summed E-state index contributed by atoms with van der Waals surface area (Å²) in [5.74, 6) is -1.24. The molecule has 1 fully saturated rings. The van der Waals surface area contributed by atoms with Gasteiger partial charge in [0, 0.05) is 28.3 Å². The standard InChI is InChI=1S/C14H19N3O3/c1-14(2)10(6-11(14)18)17-9-4-7(12(15)19)3-8(5-9)13(16)20/h3-5,10-11,17-18H,6H2,1-2H3,(H2,15,19)(H2,16,20). The Kier molecular flexibility index (Phi) is 3.43. The fourth-order valence-corrected chi connectivity index (χ4v) is 2.34. The second-order valence-electron chi connectivity index (χ2n) is 5.80. The van der Waals surface area contributed by atoms with Crippen LogP contribution in [0.1, 0.15) is 41.0 Å². The van der Waals surface area contributed by atoms with Gasteiger partial charge in [-0.1, -0.05) is 13.8 Å². The van der Waals surface area contributed by atoms with Gasteiger partial charge in [-0.05, 0) is 24.6 Å². The third-order valence-corrected chi connectivity index (χ3v) is 4.06. The lowest BCUT2D eigenvalue weighted by atomic mass is 9.64. The van der Waals surface area contributed by atoms with Crippen molar-refractivity contribution in [1.29, 1.82) is 0 Å². The van der Waals surface area contributed by atoms with Gasteiger partial charge in [0.1, 0.15) is 0 Å². The zero-order valence-electron chi connectivity index (χ0n) is 11.5. The Labute approximate surface area is 117 Å². The SMILES string of the molecule is CC1(C)C(O)CC1Nc1cc(C(N)=O)cc(C(N)=O)c1. The van der Waals surface area contributed by atoms with Crippen LogP contribution in [0.25, 0.3) is 0 Å². The van der Waals surface area contributed by atoms with Gasteiger partial charge in [0.15, 0.2) is 0 Å². The Bertz CT molecular complexity index is 537. The van der Waals surface area contributed by atoms with Crippen LogP contribution in [-0.4, -0.2) is 29.1 Å². The maximum Gasteiger partial charge on any atom is 0.248 e. The highest BCUT2D eigenvalue weighted by atomic mass is 16.3.